The van der Waals surface area contributed by atoms with Crippen LogP contribution >= 0.6 is 0 Å². The Kier molecular flexibility index (Phi) is 4.83. The molecule has 104 valence electrons. The number of nitrogens with zero attached hydrogens (tertiary/aromatic N) is 1. The van der Waals surface area contributed by atoms with Gasteiger partial charge in [0.05, 0.1) is 23.0 Å². The average molecular weight is 271 g/mol. The van der Waals surface area contributed by atoms with Gasteiger partial charge in [0.15, 0.2) is 9.84 Å². The first kappa shape index (κ1) is 15.5. The van der Waals surface area contributed by atoms with Crippen LogP contribution in [0.5, 0.6) is 0 Å². The lowest BCUT2D eigenvalue weighted by molar-refractivity contribution is 0.166. The monoisotopic (exact) mass is 271 g/mol. The first-order valence-corrected chi connectivity index (χ1v) is 8.55. The van der Waals surface area contributed by atoms with E-state index in [1.54, 1.807) is 0 Å². The molecular formula is C14H25NO2S. The van der Waals surface area contributed by atoms with Crippen LogP contribution in [0.15, 0.2) is 0 Å². The first-order valence-electron chi connectivity index (χ1n) is 6.83. The quantitative estimate of drug-likeness (QED) is 0.792. The Morgan fingerprint density at radius 2 is 1.89 bits per heavy atom. The Hall–Kier alpha value is -0.560. The fraction of sp³-hybridized carbons (Fsp3) is 0.929. The van der Waals surface area contributed by atoms with Crippen LogP contribution in [0.3, 0.4) is 0 Å². The number of rotatable bonds is 3. The van der Waals surface area contributed by atoms with Gasteiger partial charge in [-0.25, -0.2) is 8.42 Å². The summed E-state index contributed by atoms with van der Waals surface area (Å²) < 4.78 is 24.6. The molecule has 0 aliphatic heterocycles. The van der Waals surface area contributed by atoms with Gasteiger partial charge in [-0.15, -0.1) is 0 Å². The minimum absolute atomic E-state index is 0.125. The van der Waals surface area contributed by atoms with Crippen molar-refractivity contribution in [2.24, 2.45) is 17.3 Å². The maximum Gasteiger partial charge on any atom is 0.154 e. The molecule has 0 aromatic carbocycles. The van der Waals surface area contributed by atoms with Gasteiger partial charge in [0.2, 0.25) is 0 Å². The lowest BCUT2D eigenvalue weighted by Crippen LogP contribution is -2.40. The summed E-state index contributed by atoms with van der Waals surface area (Å²) in [6, 6.07) is 2.21. The van der Waals surface area contributed by atoms with Crippen molar-refractivity contribution in [3.8, 4) is 6.07 Å². The highest BCUT2D eigenvalue weighted by Crippen LogP contribution is 2.42. The molecule has 0 radical (unpaired) electrons. The third-order valence-electron chi connectivity index (χ3n) is 4.13. The van der Waals surface area contributed by atoms with E-state index >= 15 is 0 Å². The third-order valence-corrected chi connectivity index (χ3v) is 6.55. The molecule has 1 aliphatic carbocycles. The van der Waals surface area contributed by atoms with Gasteiger partial charge in [-0.2, -0.15) is 5.26 Å². The Balaban J connectivity index is 2.95. The lowest BCUT2D eigenvalue weighted by atomic mass is 9.70. The smallest absolute Gasteiger partial charge is 0.154 e. The molecule has 0 amide bonds. The highest BCUT2D eigenvalue weighted by atomic mass is 32.2. The molecule has 0 aromatic heterocycles. The summed E-state index contributed by atoms with van der Waals surface area (Å²) in [5, 5.41) is 8.72. The van der Waals surface area contributed by atoms with E-state index in [2.05, 4.69) is 26.8 Å². The van der Waals surface area contributed by atoms with Gasteiger partial charge in [0.1, 0.15) is 0 Å². The van der Waals surface area contributed by atoms with Crippen molar-refractivity contribution in [1.29, 1.82) is 5.26 Å². The largest absolute Gasteiger partial charge is 0.229 e. The predicted octanol–water partition coefficient (Wildman–Crippen LogP) is 3.17. The maximum atomic E-state index is 12.3. The van der Waals surface area contributed by atoms with Gasteiger partial charge in [0.25, 0.3) is 0 Å². The zero-order valence-electron chi connectivity index (χ0n) is 11.9. The van der Waals surface area contributed by atoms with Crippen molar-refractivity contribution in [1.82, 2.24) is 0 Å². The van der Waals surface area contributed by atoms with E-state index in [0.29, 0.717) is 18.8 Å². The van der Waals surface area contributed by atoms with Crippen LogP contribution in [0, 0.1) is 28.6 Å². The Morgan fingerprint density at radius 1 is 1.28 bits per heavy atom. The molecule has 4 heteroatoms. The fourth-order valence-electron chi connectivity index (χ4n) is 2.90. The van der Waals surface area contributed by atoms with Gasteiger partial charge in [0, 0.05) is 0 Å². The van der Waals surface area contributed by atoms with E-state index in [1.165, 1.54) is 0 Å². The predicted molar refractivity (Wildman–Crippen MR) is 73.8 cm³/mol. The van der Waals surface area contributed by atoms with Gasteiger partial charge in [-0.3, -0.25) is 0 Å². The molecule has 0 saturated heterocycles. The van der Waals surface area contributed by atoms with E-state index in [1.807, 2.05) is 6.92 Å². The molecule has 0 bridgehead atoms. The molecule has 3 unspecified atom stereocenters. The Morgan fingerprint density at radius 3 is 2.33 bits per heavy atom. The van der Waals surface area contributed by atoms with E-state index in [4.69, 9.17) is 5.26 Å². The van der Waals surface area contributed by atoms with Gasteiger partial charge in [-0.1, -0.05) is 27.7 Å². The van der Waals surface area contributed by atoms with Crippen molar-refractivity contribution in [3.05, 3.63) is 0 Å². The highest BCUT2D eigenvalue weighted by Gasteiger charge is 2.41. The van der Waals surface area contributed by atoms with Crippen molar-refractivity contribution < 1.29 is 8.42 Å². The molecule has 18 heavy (non-hydrogen) atoms. The maximum absolute atomic E-state index is 12.3. The summed E-state index contributed by atoms with van der Waals surface area (Å²) in [5.41, 5.74) is 0.125. The van der Waals surface area contributed by atoms with Crippen LogP contribution in [0.2, 0.25) is 0 Å². The standard InChI is InChI=1S/C14H25NO2S/c1-5-8-18(16,17)13-9-12(14(2,3)4)7-6-11(13)10-15/h11-13H,5-9H2,1-4H3. The average Bonchev–Trinajstić information content (AvgIpc) is 2.27. The lowest BCUT2D eigenvalue weighted by Gasteiger charge is -2.39. The summed E-state index contributed by atoms with van der Waals surface area (Å²) >= 11 is 0. The first-order chi connectivity index (χ1) is 8.22. The van der Waals surface area contributed by atoms with Crippen LogP contribution in [0.25, 0.3) is 0 Å². The molecule has 0 N–H and O–H groups in total. The highest BCUT2D eigenvalue weighted by molar-refractivity contribution is 7.92. The summed E-state index contributed by atoms with van der Waals surface area (Å²) in [7, 11) is -3.11. The molecular weight excluding hydrogens is 246 g/mol. The van der Waals surface area contributed by atoms with Crippen LogP contribution in [-0.2, 0) is 9.84 Å². The zero-order chi connectivity index (χ0) is 14.0. The van der Waals surface area contributed by atoms with Crippen molar-refractivity contribution in [3.63, 3.8) is 0 Å². The topological polar surface area (TPSA) is 57.9 Å². The summed E-state index contributed by atoms with van der Waals surface area (Å²) in [4.78, 5) is 0. The van der Waals surface area contributed by atoms with Crippen molar-refractivity contribution >= 4 is 9.84 Å². The van der Waals surface area contributed by atoms with E-state index < -0.39 is 15.1 Å². The Bertz CT molecular complexity index is 414. The summed E-state index contributed by atoms with van der Waals surface area (Å²) in [5.74, 6) is 0.311. The second-order valence-corrected chi connectivity index (χ2v) is 8.86. The molecule has 3 nitrogen and oxygen atoms in total. The van der Waals surface area contributed by atoms with Crippen LogP contribution in [0.4, 0.5) is 0 Å². The number of sulfone groups is 1. The van der Waals surface area contributed by atoms with Gasteiger partial charge in [-0.05, 0) is 37.0 Å². The van der Waals surface area contributed by atoms with Crippen LogP contribution in [-0.4, -0.2) is 19.4 Å². The molecule has 1 fully saturated rings. The fourth-order valence-corrected chi connectivity index (χ4v) is 4.99. The van der Waals surface area contributed by atoms with E-state index in [0.717, 1.165) is 12.8 Å². The molecule has 0 spiro atoms. The van der Waals surface area contributed by atoms with E-state index in [-0.39, 0.29) is 17.1 Å². The molecule has 3 atom stereocenters. The zero-order valence-corrected chi connectivity index (χ0v) is 12.8. The number of nitriles is 1. The molecule has 1 aliphatic rings. The molecule has 1 rings (SSSR count). The third kappa shape index (κ3) is 3.47. The second-order valence-electron chi connectivity index (χ2n) is 6.52. The summed E-state index contributed by atoms with van der Waals surface area (Å²) in [6.07, 6.45) is 2.99. The van der Waals surface area contributed by atoms with E-state index in [9.17, 15) is 8.42 Å². The van der Waals surface area contributed by atoms with Crippen LogP contribution < -0.4 is 0 Å². The van der Waals surface area contributed by atoms with Crippen molar-refractivity contribution in [2.45, 2.75) is 58.6 Å². The van der Waals surface area contributed by atoms with Gasteiger partial charge < -0.3 is 0 Å². The van der Waals surface area contributed by atoms with Gasteiger partial charge >= 0.3 is 0 Å². The molecule has 1 saturated carbocycles. The van der Waals surface area contributed by atoms with Crippen LogP contribution in [0.1, 0.15) is 53.4 Å². The number of hydrogen-bond donors (Lipinski definition) is 0. The second kappa shape index (κ2) is 5.61. The molecule has 0 heterocycles. The van der Waals surface area contributed by atoms with Crippen molar-refractivity contribution in [2.75, 3.05) is 5.75 Å². The SMILES string of the molecule is CCCS(=O)(=O)C1CC(C(C)(C)C)CCC1C#N. The number of hydrogen-bond acceptors (Lipinski definition) is 3. The minimum atomic E-state index is -3.11. The summed E-state index contributed by atoms with van der Waals surface area (Å²) in [6.45, 7) is 8.36. The minimum Gasteiger partial charge on any atom is -0.229 e. The normalized spacial score (nSPS) is 29.8. The molecule has 0 aromatic rings. The Labute approximate surface area is 111 Å².